The minimum Gasteiger partial charge on any atom is -0.444 e. The molecule has 2 aromatic carbocycles. The van der Waals surface area contributed by atoms with Gasteiger partial charge in [-0.05, 0) is 82.6 Å². The predicted octanol–water partition coefficient (Wildman–Crippen LogP) is 5.35. The molecule has 2 N–H and O–H groups in total. The number of amides is 3. The summed E-state index contributed by atoms with van der Waals surface area (Å²) in [5.41, 5.74) is 0.555. The molecule has 1 aliphatic heterocycles. The fourth-order valence-electron chi connectivity index (χ4n) is 5.70. The molecule has 0 radical (unpaired) electrons. The lowest BCUT2D eigenvalue weighted by Crippen LogP contribution is -2.48. The molecule has 0 bridgehead atoms. The SMILES string of the molecule is CC(C)(C)OC(=O)NCC1CCC(C(=O)N2CC[C@@H](c3ccccc3)[C@H]2C(=O)Nc2ccc(C#N)c(F)c2)CC1. The highest BCUT2D eigenvalue weighted by Crippen LogP contribution is 2.38. The monoisotopic (exact) mass is 548 g/mol. The molecule has 212 valence electrons. The van der Waals surface area contributed by atoms with Gasteiger partial charge >= 0.3 is 6.09 Å². The standard InChI is InChI=1S/C31H37FN4O4/c1-31(2,3)40-30(39)34-19-20-9-11-22(12-10-20)29(38)36-16-15-25(21-7-5-4-6-8-21)27(36)28(37)35-24-14-13-23(18-33)26(32)17-24/h4-8,13-14,17,20,22,25,27H,9-12,15-16,19H2,1-3H3,(H,34,39)(H,35,37)/t20?,22?,25-,27-/m0/s1. The maximum Gasteiger partial charge on any atom is 0.407 e. The molecule has 9 heteroatoms. The fourth-order valence-corrected chi connectivity index (χ4v) is 5.70. The molecular formula is C31H37FN4O4. The van der Waals surface area contributed by atoms with Crippen molar-refractivity contribution in [1.82, 2.24) is 10.2 Å². The van der Waals surface area contributed by atoms with Crippen LogP contribution in [0.5, 0.6) is 0 Å². The highest BCUT2D eigenvalue weighted by molar-refractivity contribution is 5.98. The topological polar surface area (TPSA) is 112 Å². The third-order valence-corrected chi connectivity index (χ3v) is 7.66. The molecule has 8 nitrogen and oxygen atoms in total. The number of rotatable bonds is 6. The summed E-state index contributed by atoms with van der Waals surface area (Å²) in [6.45, 7) is 6.42. The van der Waals surface area contributed by atoms with Crippen molar-refractivity contribution in [3.63, 3.8) is 0 Å². The average molecular weight is 549 g/mol. The zero-order valence-electron chi connectivity index (χ0n) is 23.3. The van der Waals surface area contributed by atoms with Crippen molar-refractivity contribution in [3.05, 3.63) is 65.5 Å². The van der Waals surface area contributed by atoms with Crippen molar-refractivity contribution in [2.45, 2.75) is 70.4 Å². The maximum atomic E-state index is 14.2. The Morgan fingerprint density at radius 3 is 2.38 bits per heavy atom. The molecule has 3 amide bonds. The number of carbonyl (C=O) groups excluding carboxylic acids is 3. The number of benzene rings is 2. The number of hydrogen-bond donors (Lipinski definition) is 2. The normalized spacial score (nSPS) is 22.7. The van der Waals surface area contributed by atoms with Gasteiger partial charge in [0.25, 0.3) is 0 Å². The zero-order valence-corrected chi connectivity index (χ0v) is 23.3. The first-order valence-electron chi connectivity index (χ1n) is 13.9. The van der Waals surface area contributed by atoms with Gasteiger partial charge in [0.05, 0.1) is 5.56 Å². The van der Waals surface area contributed by atoms with Gasteiger partial charge in [-0.2, -0.15) is 5.26 Å². The van der Waals surface area contributed by atoms with E-state index in [2.05, 4.69) is 10.6 Å². The predicted molar refractivity (Wildman–Crippen MR) is 149 cm³/mol. The van der Waals surface area contributed by atoms with E-state index in [9.17, 15) is 18.8 Å². The van der Waals surface area contributed by atoms with Crippen molar-refractivity contribution >= 4 is 23.6 Å². The van der Waals surface area contributed by atoms with Crippen LogP contribution < -0.4 is 10.6 Å². The summed E-state index contributed by atoms with van der Waals surface area (Å²) < 4.78 is 19.5. The Morgan fingerprint density at radius 2 is 1.75 bits per heavy atom. The average Bonchev–Trinajstić information content (AvgIpc) is 3.37. The first-order chi connectivity index (χ1) is 19.1. The van der Waals surface area contributed by atoms with E-state index in [-0.39, 0.29) is 40.8 Å². The van der Waals surface area contributed by atoms with Crippen LogP contribution in [0.1, 0.15) is 69.9 Å². The summed E-state index contributed by atoms with van der Waals surface area (Å²) in [7, 11) is 0. The van der Waals surface area contributed by atoms with E-state index < -0.39 is 23.6 Å². The van der Waals surface area contributed by atoms with Crippen LogP contribution in [-0.4, -0.2) is 47.5 Å². The molecule has 0 spiro atoms. The molecule has 2 aromatic rings. The van der Waals surface area contributed by atoms with Crippen LogP contribution in [0, 0.1) is 29.0 Å². The molecule has 0 aromatic heterocycles. The summed E-state index contributed by atoms with van der Waals surface area (Å²) in [4.78, 5) is 41.1. The summed E-state index contributed by atoms with van der Waals surface area (Å²) in [5.74, 6) is -1.25. The highest BCUT2D eigenvalue weighted by Gasteiger charge is 2.44. The van der Waals surface area contributed by atoms with Gasteiger partial charge in [-0.3, -0.25) is 9.59 Å². The van der Waals surface area contributed by atoms with Gasteiger partial charge in [-0.15, -0.1) is 0 Å². The van der Waals surface area contributed by atoms with E-state index in [1.54, 1.807) is 11.0 Å². The fraction of sp³-hybridized carbons (Fsp3) is 0.484. The Balaban J connectivity index is 1.43. The smallest absolute Gasteiger partial charge is 0.407 e. The lowest BCUT2D eigenvalue weighted by atomic mass is 9.81. The molecule has 2 fully saturated rings. The van der Waals surface area contributed by atoms with E-state index in [1.807, 2.05) is 51.1 Å². The first kappa shape index (κ1) is 29.1. The number of ether oxygens (including phenoxy) is 1. The summed E-state index contributed by atoms with van der Waals surface area (Å²) in [6.07, 6.45) is 3.16. The molecule has 0 unspecified atom stereocenters. The number of hydrogen-bond acceptors (Lipinski definition) is 5. The second kappa shape index (κ2) is 12.5. The molecule has 1 saturated carbocycles. The molecule has 1 saturated heterocycles. The van der Waals surface area contributed by atoms with Crippen molar-refractivity contribution in [3.8, 4) is 6.07 Å². The van der Waals surface area contributed by atoms with Crippen molar-refractivity contribution < 1.29 is 23.5 Å². The van der Waals surface area contributed by atoms with E-state index in [4.69, 9.17) is 10.00 Å². The maximum absolute atomic E-state index is 14.2. The Bertz CT molecular complexity index is 1260. The lowest BCUT2D eigenvalue weighted by molar-refractivity contribution is -0.141. The Morgan fingerprint density at radius 1 is 1.05 bits per heavy atom. The minimum absolute atomic E-state index is 0.0388. The van der Waals surface area contributed by atoms with Gasteiger partial charge in [-0.1, -0.05) is 30.3 Å². The van der Waals surface area contributed by atoms with E-state index >= 15 is 0 Å². The van der Waals surface area contributed by atoms with E-state index in [0.29, 0.717) is 32.4 Å². The van der Waals surface area contributed by atoms with Crippen LogP contribution in [0.3, 0.4) is 0 Å². The second-order valence-electron chi connectivity index (χ2n) is 11.7. The number of nitriles is 1. The van der Waals surface area contributed by atoms with Gasteiger partial charge < -0.3 is 20.3 Å². The van der Waals surface area contributed by atoms with Crippen molar-refractivity contribution in [2.24, 2.45) is 11.8 Å². The quantitative estimate of drug-likeness (QED) is 0.505. The van der Waals surface area contributed by atoms with Gasteiger partial charge in [-0.25, -0.2) is 9.18 Å². The van der Waals surface area contributed by atoms with E-state index in [0.717, 1.165) is 24.5 Å². The Kier molecular flexibility index (Phi) is 9.08. The van der Waals surface area contributed by atoms with Crippen LogP contribution in [0.2, 0.25) is 0 Å². The van der Waals surface area contributed by atoms with E-state index in [1.165, 1.54) is 12.1 Å². The third-order valence-electron chi connectivity index (χ3n) is 7.66. The highest BCUT2D eigenvalue weighted by atomic mass is 19.1. The van der Waals surface area contributed by atoms with Crippen molar-refractivity contribution in [2.75, 3.05) is 18.4 Å². The Labute approximate surface area is 234 Å². The molecule has 1 aliphatic carbocycles. The molecular weight excluding hydrogens is 511 g/mol. The van der Waals surface area contributed by atoms with Crippen LogP contribution in [0.4, 0.5) is 14.9 Å². The summed E-state index contributed by atoms with van der Waals surface area (Å²) in [6, 6.07) is 14.6. The largest absolute Gasteiger partial charge is 0.444 e. The molecule has 1 heterocycles. The van der Waals surface area contributed by atoms with Gasteiger partial charge in [0.1, 0.15) is 23.5 Å². The van der Waals surface area contributed by atoms with Gasteiger partial charge in [0, 0.05) is 30.6 Å². The summed E-state index contributed by atoms with van der Waals surface area (Å²) in [5, 5.41) is 14.6. The number of nitrogens with one attached hydrogen (secondary N) is 2. The first-order valence-corrected chi connectivity index (χ1v) is 13.9. The van der Waals surface area contributed by atoms with Crippen molar-refractivity contribution in [1.29, 1.82) is 5.26 Å². The number of carbonyl (C=O) groups is 3. The van der Waals surface area contributed by atoms with Gasteiger partial charge in [0.2, 0.25) is 11.8 Å². The number of alkyl carbamates (subject to hydrolysis) is 1. The number of halogens is 1. The number of anilines is 1. The van der Waals surface area contributed by atoms with Crippen LogP contribution in [-0.2, 0) is 14.3 Å². The van der Waals surface area contributed by atoms with Gasteiger partial charge in [0.15, 0.2) is 0 Å². The van der Waals surface area contributed by atoms with Crippen LogP contribution in [0.25, 0.3) is 0 Å². The zero-order chi connectivity index (χ0) is 28.9. The summed E-state index contributed by atoms with van der Waals surface area (Å²) >= 11 is 0. The molecule has 40 heavy (non-hydrogen) atoms. The lowest BCUT2D eigenvalue weighted by Gasteiger charge is -2.34. The minimum atomic E-state index is -0.736. The van der Waals surface area contributed by atoms with Crippen LogP contribution >= 0.6 is 0 Å². The number of nitrogens with zero attached hydrogens (tertiary/aromatic N) is 2. The third kappa shape index (κ3) is 7.17. The number of likely N-dealkylation sites (tertiary alicyclic amines) is 1. The van der Waals surface area contributed by atoms with Crippen LogP contribution in [0.15, 0.2) is 48.5 Å². The molecule has 2 atom stereocenters. The second-order valence-corrected chi connectivity index (χ2v) is 11.7. The molecule has 4 rings (SSSR count). The Hall–Kier alpha value is -3.93. The molecule has 2 aliphatic rings.